The molecule has 0 fully saturated rings. The Kier molecular flexibility index (Phi) is 8.88. The van der Waals surface area contributed by atoms with Crippen molar-refractivity contribution in [3.63, 3.8) is 0 Å². The largest absolute Gasteiger partial charge is 0.466 e. The zero-order valence-corrected chi connectivity index (χ0v) is 11.4. The highest BCUT2D eigenvalue weighted by Crippen LogP contribution is 2.16. The van der Waals surface area contributed by atoms with Gasteiger partial charge in [-0.1, -0.05) is 0 Å². The Hall–Kier alpha value is -1.39. The quantitative estimate of drug-likeness (QED) is 0.590. The monoisotopic (exact) mass is 258 g/mol. The summed E-state index contributed by atoms with van der Waals surface area (Å²) in [7, 11) is 0. The van der Waals surface area contributed by atoms with E-state index in [4.69, 9.17) is 9.47 Å². The number of hydrogen-bond acceptors (Lipinski definition) is 5. The van der Waals surface area contributed by atoms with Gasteiger partial charge in [0.05, 0.1) is 13.2 Å². The first-order chi connectivity index (χ1) is 8.51. The van der Waals surface area contributed by atoms with Gasteiger partial charge in [-0.25, -0.2) is 0 Å². The lowest BCUT2D eigenvalue weighted by atomic mass is 9.94. The second kappa shape index (κ2) is 9.62. The van der Waals surface area contributed by atoms with Gasteiger partial charge in [0, 0.05) is 18.8 Å². The van der Waals surface area contributed by atoms with Crippen LogP contribution in [0.5, 0.6) is 0 Å². The van der Waals surface area contributed by atoms with Crippen LogP contribution in [-0.4, -0.2) is 30.9 Å². The van der Waals surface area contributed by atoms with Gasteiger partial charge in [0.25, 0.3) is 0 Å². The number of hydrogen-bond donors (Lipinski definition) is 0. The first-order valence-corrected chi connectivity index (χ1v) is 6.32. The lowest BCUT2D eigenvalue weighted by Gasteiger charge is -2.12. The molecule has 0 aliphatic heterocycles. The highest BCUT2D eigenvalue weighted by molar-refractivity contribution is 5.80. The first-order valence-electron chi connectivity index (χ1n) is 6.32. The first kappa shape index (κ1) is 16.6. The third-order valence-electron chi connectivity index (χ3n) is 2.58. The molecular formula is C13H22O5. The number of esters is 2. The van der Waals surface area contributed by atoms with E-state index in [0.717, 1.165) is 0 Å². The molecule has 0 bridgehead atoms. The average Bonchev–Trinajstić information content (AvgIpc) is 2.29. The van der Waals surface area contributed by atoms with E-state index in [0.29, 0.717) is 26.1 Å². The Morgan fingerprint density at radius 2 is 1.28 bits per heavy atom. The van der Waals surface area contributed by atoms with E-state index in [2.05, 4.69) is 0 Å². The fraction of sp³-hybridized carbons (Fsp3) is 0.769. The van der Waals surface area contributed by atoms with Crippen molar-refractivity contribution in [3.8, 4) is 0 Å². The molecule has 0 N–H and O–H groups in total. The van der Waals surface area contributed by atoms with Crippen LogP contribution in [-0.2, 0) is 23.9 Å². The van der Waals surface area contributed by atoms with Gasteiger partial charge in [-0.2, -0.15) is 0 Å². The zero-order valence-electron chi connectivity index (χ0n) is 11.4. The Labute approximate surface area is 108 Å². The predicted octanol–water partition coefficient (Wildman–Crippen LogP) is 1.88. The molecule has 0 unspecified atom stereocenters. The van der Waals surface area contributed by atoms with Gasteiger partial charge >= 0.3 is 11.9 Å². The number of Topliss-reactive ketones (excluding diaryl/α,β-unsaturated/α-hetero) is 1. The Morgan fingerprint density at radius 3 is 1.56 bits per heavy atom. The van der Waals surface area contributed by atoms with Crippen molar-refractivity contribution in [1.82, 2.24) is 0 Å². The molecule has 0 aliphatic carbocycles. The number of carbonyl (C=O) groups is 3. The molecule has 0 saturated carbocycles. The Morgan fingerprint density at radius 1 is 0.889 bits per heavy atom. The number of ether oxygens (including phenoxy) is 2. The Bertz CT molecular complexity index is 263. The second-order valence-corrected chi connectivity index (χ2v) is 3.99. The predicted molar refractivity (Wildman–Crippen MR) is 65.9 cm³/mol. The van der Waals surface area contributed by atoms with Crippen LogP contribution in [0.2, 0.25) is 0 Å². The van der Waals surface area contributed by atoms with Crippen LogP contribution >= 0.6 is 0 Å². The van der Waals surface area contributed by atoms with Crippen molar-refractivity contribution in [2.75, 3.05) is 13.2 Å². The molecule has 0 atom stereocenters. The van der Waals surface area contributed by atoms with Crippen molar-refractivity contribution < 1.29 is 23.9 Å². The molecule has 0 aromatic heterocycles. The molecule has 5 nitrogen and oxygen atoms in total. The van der Waals surface area contributed by atoms with Crippen molar-refractivity contribution in [2.24, 2.45) is 5.92 Å². The summed E-state index contributed by atoms with van der Waals surface area (Å²) < 4.78 is 9.59. The van der Waals surface area contributed by atoms with E-state index in [9.17, 15) is 14.4 Å². The third-order valence-corrected chi connectivity index (χ3v) is 2.58. The SMILES string of the molecule is CCOC(=O)CCC(CCC(=O)OCC)C(C)=O. The van der Waals surface area contributed by atoms with Crippen LogP contribution in [0.3, 0.4) is 0 Å². The lowest BCUT2D eigenvalue weighted by molar-refractivity contribution is -0.143. The van der Waals surface area contributed by atoms with Crippen LogP contribution in [0.15, 0.2) is 0 Å². The van der Waals surface area contributed by atoms with E-state index in [1.165, 1.54) is 6.92 Å². The summed E-state index contributed by atoms with van der Waals surface area (Å²) in [5.41, 5.74) is 0. The maximum atomic E-state index is 11.4. The minimum Gasteiger partial charge on any atom is -0.466 e. The minimum absolute atomic E-state index is 0.0106. The van der Waals surface area contributed by atoms with Crippen molar-refractivity contribution in [2.45, 2.75) is 46.5 Å². The lowest BCUT2D eigenvalue weighted by Crippen LogP contribution is -2.16. The van der Waals surface area contributed by atoms with Gasteiger partial charge in [0.15, 0.2) is 0 Å². The highest BCUT2D eigenvalue weighted by atomic mass is 16.5. The summed E-state index contributed by atoms with van der Waals surface area (Å²) in [6, 6.07) is 0. The summed E-state index contributed by atoms with van der Waals surface area (Å²) in [4.78, 5) is 33.8. The maximum absolute atomic E-state index is 11.4. The summed E-state index contributed by atoms with van der Waals surface area (Å²) in [6.45, 7) is 5.63. The van der Waals surface area contributed by atoms with Crippen molar-refractivity contribution in [1.29, 1.82) is 0 Å². The van der Waals surface area contributed by atoms with Crippen molar-refractivity contribution >= 4 is 17.7 Å². The molecule has 0 saturated heterocycles. The maximum Gasteiger partial charge on any atom is 0.305 e. The Balaban J connectivity index is 4.04. The number of rotatable bonds is 9. The summed E-state index contributed by atoms with van der Waals surface area (Å²) >= 11 is 0. The molecule has 0 aromatic carbocycles. The minimum atomic E-state index is -0.306. The normalized spacial score (nSPS) is 10.2. The summed E-state index contributed by atoms with van der Waals surface area (Å²) in [6.07, 6.45) is 1.27. The van der Waals surface area contributed by atoms with Crippen LogP contribution in [0.4, 0.5) is 0 Å². The van der Waals surface area contributed by atoms with E-state index in [1.54, 1.807) is 13.8 Å². The van der Waals surface area contributed by atoms with E-state index in [1.807, 2.05) is 0 Å². The smallest absolute Gasteiger partial charge is 0.305 e. The van der Waals surface area contributed by atoms with Crippen LogP contribution in [0.1, 0.15) is 46.5 Å². The van der Waals surface area contributed by atoms with E-state index < -0.39 is 0 Å². The standard InChI is InChI=1S/C13H22O5/c1-4-17-12(15)8-6-11(10(3)14)7-9-13(16)18-5-2/h11H,4-9H2,1-3H3. The highest BCUT2D eigenvalue weighted by Gasteiger charge is 2.18. The fourth-order valence-corrected chi connectivity index (χ4v) is 1.60. The molecular weight excluding hydrogens is 236 g/mol. The average molecular weight is 258 g/mol. The molecule has 0 spiro atoms. The van der Waals surface area contributed by atoms with Gasteiger partial charge in [0.1, 0.15) is 5.78 Å². The second-order valence-electron chi connectivity index (χ2n) is 3.99. The molecule has 0 radical (unpaired) electrons. The molecule has 0 heterocycles. The molecule has 104 valence electrons. The molecule has 0 amide bonds. The van der Waals surface area contributed by atoms with Crippen LogP contribution < -0.4 is 0 Å². The zero-order chi connectivity index (χ0) is 14.0. The topological polar surface area (TPSA) is 69.7 Å². The number of ketones is 1. The molecule has 18 heavy (non-hydrogen) atoms. The van der Waals surface area contributed by atoms with E-state index >= 15 is 0 Å². The fourth-order valence-electron chi connectivity index (χ4n) is 1.60. The number of carbonyl (C=O) groups excluding carboxylic acids is 3. The third kappa shape index (κ3) is 7.81. The van der Waals surface area contributed by atoms with Gasteiger partial charge in [-0.15, -0.1) is 0 Å². The molecule has 0 rings (SSSR count). The molecule has 5 heteroatoms. The van der Waals surface area contributed by atoms with E-state index in [-0.39, 0.29) is 36.5 Å². The van der Waals surface area contributed by atoms with Crippen molar-refractivity contribution in [3.05, 3.63) is 0 Å². The summed E-state index contributed by atoms with van der Waals surface area (Å²) in [5, 5.41) is 0. The van der Waals surface area contributed by atoms with Gasteiger partial charge in [-0.05, 0) is 33.6 Å². The summed E-state index contributed by atoms with van der Waals surface area (Å²) in [5.74, 6) is -0.901. The van der Waals surface area contributed by atoms with Crippen LogP contribution in [0.25, 0.3) is 0 Å². The van der Waals surface area contributed by atoms with Gasteiger partial charge in [0.2, 0.25) is 0 Å². The van der Waals surface area contributed by atoms with Gasteiger partial charge < -0.3 is 9.47 Å². The van der Waals surface area contributed by atoms with Crippen LogP contribution in [0, 0.1) is 5.92 Å². The molecule has 0 aromatic rings. The molecule has 0 aliphatic rings. The van der Waals surface area contributed by atoms with Gasteiger partial charge in [-0.3, -0.25) is 14.4 Å².